The van der Waals surface area contributed by atoms with Crippen molar-refractivity contribution in [3.8, 4) is 5.75 Å². The molecule has 0 bridgehead atoms. The number of anilines is 1. The Kier molecular flexibility index (Phi) is 5.37. The average molecular weight is 434 g/mol. The maximum atomic E-state index is 15.6. The van der Waals surface area contributed by atoms with E-state index in [1.807, 2.05) is 6.92 Å². The number of pyridine rings is 1. The number of amidine groups is 1. The van der Waals surface area contributed by atoms with Gasteiger partial charge in [-0.15, -0.1) is 0 Å². The van der Waals surface area contributed by atoms with E-state index in [1.54, 1.807) is 6.07 Å². The molecular formula is C20H20F2N4O3S. The van der Waals surface area contributed by atoms with E-state index in [2.05, 4.69) is 15.3 Å². The lowest BCUT2D eigenvalue weighted by molar-refractivity contribution is 0.102. The van der Waals surface area contributed by atoms with Gasteiger partial charge in [-0.1, -0.05) is 11.8 Å². The van der Waals surface area contributed by atoms with E-state index < -0.39 is 22.9 Å². The van der Waals surface area contributed by atoms with Crippen molar-refractivity contribution in [1.82, 2.24) is 4.98 Å². The van der Waals surface area contributed by atoms with Crippen LogP contribution in [0.25, 0.3) is 0 Å². The van der Waals surface area contributed by atoms with Crippen LogP contribution in [0.5, 0.6) is 5.75 Å². The average Bonchev–Trinajstić information content (AvgIpc) is 3.07. The summed E-state index contributed by atoms with van der Waals surface area (Å²) in [5.41, 5.74) is 2.76. The molecule has 158 valence electrons. The summed E-state index contributed by atoms with van der Waals surface area (Å²) in [6.45, 7) is 1.98. The summed E-state index contributed by atoms with van der Waals surface area (Å²) in [6, 6.07) is 7.08. The number of carbonyl (C=O) groups excluding carboxylic acids is 1. The Morgan fingerprint density at radius 3 is 2.93 bits per heavy atom. The fraction of sp³-hybridized carbons (Fsp3) is 0.350. The molecule has 3 heterocycles. The number of aromatic nitrogens is 1. The van der Waals surface area contributed by atoms with Crippen molar-refractivity contribution < 1.29 is 23.0 Å². The van der Waals surface area contributed by atoms with E-state index in [4.69, 9.17) is 15.2 Å². The zero-order valence-corrected chi connectivity index (χ0v) is 17.0. The van der Waals surface area contributed by atoms with Crippen molar-refractivity contribution >= 4 is 28.5 Å². The summed E-state index contributed by atoms with van der Waals surface area (Å²) in [7, 11) is 0. The molecule has 2 atom stereocenters. The molecule has 0 radical (unpaired) electrons. The number of carbonyl (C=O) groups is 1. The van der Waals surface area contributed by atoms with Crippen LogP contribution >= 0.6 is 11.8 Å². The smallest absolute Gasteiger partial charge is 0.274 e. The Hall–Kier alpha value is -2.72. The summed E-state index contributed by atoms with van der Waals surface area (Å²) in [5.74, 6) is -0.593. The molecule has 7 nitrogen and oxygen atoms in total. The molecule has 0 unspecified atom stereocenters. The van der Waals surface area contributed by atoms with Gasteiger partial charge in [0.25, 0.3) is 5.91 Å². The van der Waals surface area contributed by atoms with Gasteiger partial charge in [-0.25, -0.2) is 18.8 Å². The van der Waals surface area contributed by atoms with Crippen molar-refractivity contribution in [2.75, 3.05) is 30.9 Å². The molecule has 2 aromatic rings. The number of thioether (sulfide) groups is 1. The topological polar surface area (TPSA) is 98.8 Å². The lowest BCUT2D eigenvalue weighted by Crippen LogP contribution is -2.52. The second-order valence-electron chi connectivity index (χ2n) is 7.02. The van der Waals surface area contributed by atoms with Crippen LogP contribution in [-0.2, 0) is 10.3 Å². The number of benzene rings is 1. The molecule has 0 aliphatic carbocycles. The number of halogens is 2. The van der Waals surface area contributed by atoms with Crippen molar-refractivity contribution in [1.29, 1.82) is 0 Å². The quantitative estimate of drug-likeness (QED) is 0.751. The molecule has 3 N–H and O–H groups in total. The first-order chi connectivity index (χ1) is 14.4. The first-order valence-electron chi connectivity index (χ1n) is 9.32. The van der Waals surface area contributed by atoms with E-state index in [0.29, 0.717) is 12.4 Å². The molecule has 10 heteroatoms. The molecule has 1 amide bonds. The summed E-state index contributed by atoms with van der Waals surface area (Å²) >= 11 is 1.07. The number of nitrogens with zero attached hydrogens (tertiary/aromatic N) is 2. The van der Waals surface area contributed by atoms with Gasteiger partial charge < -0.3 is 20.5 Å². The molecule has 2 aliphatic heterocycles. The van der Waals surface area contributed by atoms with Crippen molar-refractivity contribution in [2.24, 2.45) is 10.7 Å². The molecule has 0 saturated carbocycles. The summed E-state index contributed by atoms with van der Waals surface area (Å²) < 4.78 is 41.1. The molecular weight excluding hydrogens is 414 g/mol. The van der Waals surface area contributed by atoms with E-state index in [9.17, 15) is 9.18 Å². The van der Waals surface area contributed by atoms with E-state index in [0.717, 1.165) is 17.8 Å². The van der Waals surface area contributed by atoms with Crippen LogP contribution in [0.15, 0.2) is 41.5 Å². The normalized spacial score (nSPS) is 25.4. The summed E-state index contributed by atoms with van der Waals surface area (Å²) in [4.78, 5) is 20.9. The third kappa shape index (κ3) is 3.50. The van der Waals surface area contributed by atoms with Gasteiger partial charge in [0.15, 0.2) is 16.4 Å². The highest BCUT2D eigenvalue weighted by atomic mass is 32.2. The summed E-state index contributed by atoms with van der Waals surface area (Å²) in [6.07, 6.45) is 1.44. The largest absolute Gasteiger partial charge is 0.492 e. The second kappa shape index (κ2) is 7.84. The maximum absolute atomic E-state index is 15.6. The lowest BCUT2D eigenvalue weighted by atomic mass is 9.79. The number of hydrogen-bond donors (Lipinski definition) is 2. The van der Waals surface area contributed by atoms with Gasteiger partial charge in [0.2, 0.25) is 0 Å². The van der Waals surface area contributed by atoms with Gasteiger partial charge in [-0.3, -0.25) is 4.79 Å². The molecule has 1 fully saturated rings. The van der Waals surface area contributed by atoms with Crippen LogP contribution in [0, 0.1) is 5.82 Å². The van der Waals surface area contributed by atoms with Crippen LogP contribution in [0.4, 0.5) is 14.5 Å². The second-order valence-corrected chi connectivity index (χ2v) is 8.01. The molecule has 0 spiro atoms. The van der Waals surface area contributed by atoms with Crippen molar-refractivity contribution in [2.45, 2.75) is 18.1 Å². The highest BCUT2D eigenvalue weighted by Crippen LogP contribution is 2.50. The number of nitrogens with one attached hydrogen (secondary N) is 1. The zero-order valence-electron chi connectivity index (χ0n) is 16.2. The van der Waals surface area contributed by atoms with Crippen LogP contribution in [0.2, 0.25) is 0 Å². The van der Waals surface area contributed by atoms with Crippen molar-refractivity contribution in [3.63, 3.8) is 0 Å². The number of nitrogens with two attached hydrogens (primary N) is 1. The zero-order chi connectivity index (χ0) is 21.4. The van der Waals surface area contributed by atoms with E-state index in [1.165, 1.54) is 24.4 Å². The SMILES string of the molecule is CCOc1ccc(C(=O)Nc2ccc(F)c([C@]34COC[C@@]3(F)CSC(N)=N4)c2)nc1. The first-order valence-corrected chi connectivity index (χ1v) is 10.3. The van der Waals surface area contributed by atoms with Crippen LogP contribution < -0.4 is 15.8 Å². The molecule has 1 saturated heterocycles. The Balaban J connectivity index is 1.64. The number of aliphatic imine (C=N–C) groups is 1. The Bertz CT molecular complexity index is 1000. The van der Waals surface area contributed by atoms with Gasteiger partial charge in [-0.2, -0.15) is 0 Å². The minimum Gasteiger partial charge on any atom is -0.492 e. The molecule has 2 aliphatic rings. The van der Waals surface area contributed by atoms with E-state index >= 15 is 4.39 Å². The third-order valence-corrected chi connectivity index (χ3v) is 6.07. The number of rotatable bonds is 5. The third-order valence-electron chi connectivity index (χ3n) is 5.08. The standard InChI is InChI=1S/C20H20F2N4O3S/c1-2-29-13-4-6-16(24-8-13)17(27)25-12-3-5-15(21)14(7-12)20-10-28-9-19(20,22)11-30-18(23)26-20/h3-8H,2,9-11H2,1H3,(H2,23,26)(H,25,27)/t19-,20-/m1/s1. The van der Waals surface area contributed by atoms with E-state index in [-0.39, 0.29) is 41.1 Å². The summed E-state index contributed by atoms with van der Waals surface area (Å²) in [5, 5.41) is 2.83. The number of hydrogen-bond acceptors (Lipinski definition) is 7. The molecule has 30 heavy (non-hydrogen) atoms. The minimum absolute atomic E-state index is 0.00839. The van der Waals surface area contributed by atoms with Gasteiger partial charge >= 0.3 is 0 Å². The van der Waals surface area contributed by atoms with Gasteiger partial charge in [0.1, 0.15) is 17.3 Å². The van der Waals surface area contributed by atoms with Crippen LogP contribution in [0.3, 0.4) is 0 Å². The van der Waals surface area contributed by atoms with Gasteiger partial charge in [0, 0.05) is 17.0 Å². The minimum atomic E-state index is -1.90. The molecule has 1 aromatic heterocycles. The fourth-order valence-electron chi connectivity index (χ4n) is 3.57. The predicted octanol–water partition coefficient (Wildman–Crippen LogP) is 2.87. The Morgan fingerprint density at radius 1 is 1.37 bits per heavy atom. The lowest BCUT2D eigenvalue weighted by Gasteiger charge is -2.38. The maximum Gasteiger partial charge on any atom is 0.274 e. The van der Waals surface area contributed by atoms with Gasteiger partial charge in [-0.05, 0) is 37.3 Å². The predicted molar refractivity (Wildman–Crippen MR) is 110 cm³/mol. The monoisotopic (exact) mass is 434 g/mol. The number of amides is 1. The van der Waals surface area contributed by atoms with Crippen molar-refractivity contribution in [3.05, 3.63) is 53.6 Å². The number of ether oxygens (including phenoxy) is 2. The molecule has 4 rings (SSSR count). The first kappa shape index (κ1) is 20.5. The fourth-order valence-corrected chi connectivity index (χ4v) is 4.49. The van der Waals surface area contributed by atoms with Gasteiger partial charge in [0.05, 0.1) is 26.0 Å². The Labute approximate surface area is 176 Å². The Morgan fingerprint density at radius 2 is 2.20 bits per heavy atom. The highest BCUT2D eigenvalue weighted by Gasteiger charge is 2.61. The molecule has 1 aromatic carbocycles. The number of alkyl halides is 1. The number of fused-ring (bicyclic) bond motifs is 1. The van der Waals surface area contributed by atoms with Crippen LogP contribution in [0.1, 0.15) is 23.0 Å². The van der Waals surface area contributed by atoms with Crippen LogP contribution in [-0.4, -0.2) is 47.3 Å². The highest BCUT2D eigenvalue weighted by molar-refractivity contribution is 8.13.